The Labute approximate surface area is 102 Å². The van der Waals surface area contributed by atoms with Crippen LogP contribution in [0.15, 0.2) is 0 Å². The quantitative estimate of drug-likeness (QED) is 0.770. The lowest BCUT2D eigenvalue weighted by Gasteiger charge is -2.31. The second-order valence-electron chi connectivity index (χ2n) is 4.69. The Balaban J connectivity index is 2.48. The summed E-state index contributed by atoms with van der Waals surface area (Å²) >= 11 is 0. The Morgan fingerprint density at radius 3 is 2.41 bits per heavy atom. The zero-order chi connectivity index (χ0) is 13.0. The van der Waals surface area contributed by atoms with Crippen LogP contribution in [-0.4, -0.2) is 53.1 Å². The van der Waals surface area contributed by atoms with Gasteiger partial charge in [0.05, 0.1) is 6.42 Å². The molecule has 1 rings (SSSR count). The van der Waals surface area contributed by atoms with Gasteiger partial charge in [-0.15, -0.1) is 0 Å². The summed E-state index contributed by atoms with van der Waals surface area (Å²) in [7, 11) is 1.80. The Morgan fingerprint density at radius 1 is 1.41 bits per heavy atom. The number of aliphatic carboxylic acids is 1. The molecule has 0 aromatic carbocycles. The number of nitrogens with zero attached hydrogens (tertiary/aromatic N) is 2. The molecule has 0 saturated heterocycles. The average Bonchev–Trinajstić information content (AvgIpc) is 3.11. The summed E-state index contributed by atoms with van der Waals surface area (Å²) < 4.78 is 0. The fourth-order valence-electron chi connectivity index (χ4n) is 1.91. The van der Waals surface area contributed by atoms with E-state index in [1.54, 1.807) is 16.8 Å². The third-order valence-electron chi connectivity index (χ3n) is 3.46. The van der Waals surface area contributed by atoms with Gasteiger partial charge in [0.15, 0.2) is 0 Å². The van der Waals surface area contributed by atoms with E-state index in [0.29, 0.717) is 12.5 Å². The first-order valence-electron chi connectivity index (χ1n) is 6.20. The van der Waals surface area contributed by atoms with Gasteiger partial charge in [-0.2, -0.15) is 0 Å². The number of carbonyl (C=O) groups excluding carboxylic acids is 1. The highest BCUT2D eigenvalue weighted by molar-refractivity contribution is 5.75. The van der Waals surface area contributed by atoms with Gasteiger partial charge in [0.2, 0.25) is 0 Å². The van der Waals surface area contributed by atoms with Crippen LogP contribution >= 0.6 is 0 Å². The molecule has 1 aliphatic carbocycles. The van der Waals surface area contributed by atoms with Gasteiger partial charge in [0, 0.05) is 26.2 Å². The molecule has 0 aromatic rings. The summed E-state index contributed by atoms with van der Waals surface area (Å²) in [5.41, 5.74) is 0. The van der Waals surface area contributed by atoms with Crippen molar-refractivity contribution in [2.75, 3.05) is 20.1 Å². The standard InChI is InChI=1S/C12H22N2O3/c1-4-14(8-7-11(15)16)12(17)13(3)9(2)10-5-6-10/h9-10H,4-8H2,1-3H3,(H,15,16). The van der Waals surface area contributed by atoms with Crippen LogP contribution in [-0.2, 0) is 4.79 Å². The van der Waals surface area contributed by atoms with E-state index in [1.165, 1.54) is 12.8 Å². The molecule has 2 amide bonds. The van der Waals surface area contributed by atoms with Crippen molar-refractivity contribution in [1.82, 2.24) is 9.80 Å². The van der Waals surface area contributed by atoms with Crippen LogP contribution in [0, 0.1) is 5.92 Å². The minimum Gasteiger partial charge on any atom is -0.481 e. The maximum Gasteiger partial charge on any atom is 0.319 e. The van der Waals surface area contributed by atoms with E-state index < -0.39 is 5.97 Å². The Morgan fingerprint density at radius 2 is 2.00 bits per heavy atom. The van der Waals surface area contributed by atoms with Crippen molar-refractivity contribution in [2.24, 2.45) is 5.92 Å². The molecule has 1 N–H and O–H groups in total. The van der Waals surface area contributed by atoms with Crippen molar-refractivity contribution in [1.29, 1.82) is 0 Å². The van der Waals surface area contributed by atoms with Crippen molar-refractivity contribution < 1.29 is 14.7 Å². The summed E-state index contributed by atoms with van der Waals surface area (Å²) in [6.45, 7) is 4.76. The summed E-state index contributed by atoms with van der Waals surface area (Å²) in [4.78, 5) is 26.0. The van der Waals surface area contributed by atoms with Gasteiger partial charge in [-0.05, 0) is 32.6 Å². The summed E-state index contributed by atoms with van der Waals surface area (Å²) in [6, 6.07) is 0.189. The molecule has 1 aliphatic rings. The smallest absolute Gasteiger partial charge is 0.319 e. The number of hydrogen-bond donors (Lipinski definition) is 1. The fraction of sp³-hybridized carbons (Fsp3) is 0.833. The van der Waals surface area contributed by atoms with E-state index in [4.69, 9.17) is 5.11 Å². The van der Waals surface area contributed by atoms with E-state index in [0.717, 1.165) is 0 Å². The molecule has 0 heterocycles. The highest BCUT2D eigenvalue weighted by atomic mass is 16.4. The van der Waals surface area contributed by atoms with Crippen LogP contribution in [0.5, 0.6) is 0 Å². The number of carboxylic acids is 1. The van der Waals surface area contributed by atoms with E-state index >= 15 is 0 Å². The van der Waals surface area contributed by atoms with Gasteiger partial charge in [-0.25, -0.2) is 4.79 Å². The van der Waals surface area contributed by atoms with Gasteiger partial charge in [0.1, 0.15) is 0 Å². The normalized spacial score (nSPS) is 16.4. The van der Waals surface area contributed by atoms with Crippen LogP contribution in [0.3, 0.4) is 0 Å². The summed E-state index contributed by atoms with van der Waals surface area (Å²) in [5.74, 6) is -0.240. The topological polar surface area (TPSA) is 60.9 Å². The lowest BCUT2D eigenvalue weighted by atomic mass is 10.2. The highest BCUT2D eigenvalue weighted by Gasteiger charge is 2.33. The first-order chi connectivity index (χ1) is 7.97. The monoisotopic (exact) mass is 242 g/mol. The number of carboxylic acid groups (broad SMARTS) is 1. The molecule has 1 fully saturated rings. The van der Waals surface area contributed by atoms with Gasteiger partial charge in [-0.1, -0.05) is 0 Å². The molecular weight excluding hydrogens is 220 g/mol. The van der Waals surface area contributed by atoms with Crippen molar-refractivity contribution in [2.45, 2.75) is 39.2 Å². The predicted molar refractivity (Wildman–Crippen MR) is 64.8 cm³/mol. The van der Waals surface area contributed by atoms with Crippen LogP contribution in [0.4, 0.5) is 4.79 Å². The van der Waals surface area contributed by atoms with Gasteiger partial charge in [-0.3, -0.25) is 4.79 Å². The van der Waals surface area contributed by atoms with Gasteiger partial charge < -0.3 is 14.9 Å². The van der Waals surface area contributed by atoms with Gasteiger partial charge >= 0.3 is 12.0 Å². The third-order valence-corrected chi connectivity index (χ3v) is 3.46. The average molecular weight is 242 g/mol. The molecule has 0 aliphatic heterocycles. The maximum atomic E-state index is 12.1. The first kappa shape index (κ1) is 13.8. The van der Waals surface area contributed by atoms with Crippen LogP contribution in [0.2, 0.25) is 0 Å². The molecule has 0 radical (unpaired) electrons. The first-order valence-corrected chi connectivity index (χ1v) is 6.20. The molecule has 5 nitrogen and oxygen atoms in total. The summed E-state index contributed by atoms with van der Waals surface area (Å²) in [6.07, 6.45) is 2.39. The molecular formula is C12H22N2O3. The van der Waals surface area contributed by atoms with Crippen LogP contribution in [0.25, 0.3) is 0 Å². The molecule has 0 bridgehead atoms. The zero-order valence-corrected chi connectivity index (χ0v) is 10.8. The van der Waals surface area contributed by atoms with E-state index in [2.05, 4.69) is 6.92 Å². The molecule has 17 heavy (non-hydrogen) atoms. The Hall–Kier alpha value is -1.26. The van der Waals surface area contributed by atoms with Crippen LogP contribution in [0.1, 0.15) is 33.1 Å². The van der Waals surface area contributed by atoms with Crippen molar-refractivity contribution >= 4 is 12.0 Å². The SMILES string of the molecule is CCN(CCC(=O)O)C(=O)N(C)C(C)C1CC1. The van der Waals surface area contributed by atoms with Crippen LogP contribution < -0.4 is 0 Å². The fourth-order valence-corrected chi connectivity index (χ4v) is 1.91. The van der Waals surface area contributed by atoms with E-state index in [1.807, 2.05) is 6.92 Å². The second-order valence-corrected chi connectivity index (χ2v) is 4.69. The van der Waals surface area contributed by atoms with Crippen molar-refractivity contribution in [3.63, 3.8) is 0 Å². The molecule has 1 atom stereocenters. The lowest BCUT2D eigenvalue weighted by Crippen LogP contribution is -2.46. The number of hydrogen-bond acceptors (Lipinski definition) is 2. The molecule has 5 heteroatoms. The highest BCUT2D eigenvalue weighted by Crippen LogP contribution is 2.34. The zero-order valence-electron chi connectivity index (χ0n) is 10.8. The summed E-state index contributed by atoms with van der Waals surface area (Å²) in [5, 5.41) is 8.63. The number of rotatable bonds is 6. The van der Waals surface area contributed by atoms with Crippen molar-refractivity contribution in [3.8, 4) is 0 Å². The lowest BCUT2D eigenvalue weighted by molar-refractivity contribution is -0.137. The van der Waals surface area contributed by atoms with Crippen molar-refractivity contribution in [3.05, 3.63) is 0 Å². The molecule has 0 aromatic heterocycles. The Bertz CT molecular complexity index is 289. The van der Waals surface area contributed by atoms with Gasteiger partial charge in [0.25, 0.3) is 0 Å². The van der Waals surface area contributed by atoms with E-state index in [9.17, 15) is 9.59 Å². The number of amides is 2. The number of urea groups is 1. The van der Waals surface area contributed by atoms with E-state index in [-0.39, 0.29) is 25.0 Å². The number of carbonyl (C=O) groups is 2. The largest absolute Gasteiger partial charge is 0.481 e. The predicted octanol–water partition coefficient (Wildman–Crippen LogP) is 1.63. The second kappa shape index (κ2) is 5.89. The molecule has 1 saturated carbocycles. The maximum absolute atomic E-state index is 12.1. The Kier molecular flexibility index (Phi) is 4.78. The minimum atomic E-state index is -0.867. The minimum absolute atomic E-state index is 0.00519. The molecule has 1 unspecified atom stereocenters. The molecule has 0 spiro atoms. The molecule has 98 valence electrons. The third kappa shape index (κ3) is 3.91.